The van der Waals surface area contributed by atoms with E-state index in [-0.39, 0.29) is 22.5 Å². The molecule has 2 N–H and O–H groups in total. The van der Waals surface area contributed by atoms with Crippen LogP contribution in [-0.2, 0) is 19.1 Å². The van der Waals surface area contributed by atoms with Crippen LogP contribution in [0.1, 0.15) is 20.7 Å². The summed E-state index contributed by atoms with van der Waals surface area (Å²) in [6.45, 7) is 0. The Hall–Kier alpha value is -5.06. The van der Waals surface area contributed by atoms with Crippen molar-refractivity contribution in [3.8, 4) is 0 Å². The number of aliphatic carboxylic acids is 1. The summed E-state index contributed by atoms with van der Waals surface area (Å²) >= 11 is 0. The zero-order valence-electron chi connectivity index (χ0n) is 17.9. The molecule has 0 radical (unpaired) electrons. The molecule has 1 amide bonds. The third-order valence-corrected chi connectivity index (χ3v) is 4.59. The second-order valence-electron chi connectivity index (χ2n) is 7.02. The summed E-state index contributed by atoms with van der Waals surface area (Å²) in [6.07, 6.45) is -4.36. The quantitative estimate of drug-likeness (QED) is 0.267. The lowest BCUT2D eigenvalue weighted by atomic mass is 10.1. The molecule has 35 heavy (non-hydrogen) atoms. The maximum atomic E-state index is 13.0. The van der Waals surface area contributed by atoms with Crippen LogP contribution >= 0.6 is 0 Å². The highest BCUT2D eigenvalue weighted by Gasteiger charge is 2.41. The molecule has 3 rings (SSSR count). The standard InChI is InChI=1S/C24H18N2O9/c27-21(25-17-12-7-13-18(14-17)26(32)33)19(34-23(30)15-8-3-1-4-9-15)20(22(28)29)35-24(31)16-10-5-2-6-11-16/h1-14,19-20H,(H,25,27)(H,28,29)/t19-,20+/m0/s1. The van der Waals surface area contributed by atoms with Crippen LogP contribution in [0.4, 0.5) is 11.4 Å². The summed E-state index contributed by atoms with van der Waals surface area (Å²) in [5.41, 5.74) is -0.389. The van der Waals surface area contributed by atoms with E-state index < -0.39 is 40.9 Å². The number of hydrogen-bond donors (Lipinski definition) is 2. The molecule has 11 heteroatoms. The lowest BCUT2D eigenvalue weighted by Gasteiger charge is -2.23. The maximum absolute atomic E-state index is 13.0. The van der Waals surface area contributed by atoms with Gasteiger partial charge in [0.15, 0.2) is 0 Å². The number of nitrogens with zero attached hydrogens (tertiary/aromatic N) is 1. The zero-order chi connectivity index (χ0) is 25.4. The fourth-order valence-corrected chi connectivity index (χ4v) is 2.92. The number of amides is 1. The Morgan fingerprint density at radius 3 is 1.77 bits per heavy atom. The number of non-ortho nitro benzene ring substituents is 1. The number of nitrogens with one attached hydrogen (secondary N) is 1. The first-order chi connectivity index (χ1) is 16.8. The predicted molar refractivity (Wildman–Crippen MR) is 121 cm³/mol. The maximum Gasteiger partial charge on any atom is 0.349 e. The first-order valence-corrected chi connectivity index (χ1v) is 10.1. The lowest BCUT2D eigenvalue weighted by molar-refractivity contribution is -0.384. The van der Waals surface area contributed by atoms with Gasteiger partial charge in [-0.1, -0.05) is 42.5 Å². The summed E-state index contributed by atoms with van der Waals surface area (Å²) in [5, 5.41) is 23.0. The van der Waals surface area contributed by atoms with E-state index in [4.69, 9.17) is 9.47 Å². The number of benzene rings is 3. The number of carbonyl (C=O) groups is 4. The van der Waals surface area contributed by atoms with Gasteiger partial charge < -0.3 is 19.9 Å². The Kier molecular flexibility index (Phi) is 7.86. The highest BCUT2D eigenvalue weighted by atomic mass is 16.6. The van der Waals surface area contributed by atoms with Crippen LogP contribution in [0.2, 0.25) is 0 Å². The van der Waals surface area contributed by atoms with Crippen molar-refractivity contribution >= 4 is 35.2 Å². The third-order valence-electron chi connectivity index (χ3n) is 4.59. The van der Waals surface area contributed by atoms with Crippen LogP contribution in [-0.4, -0.2) is 46.1 Å². The van der Waals surface area contributed by atoms with Crippen molar-refractivity contribution < 1.29 is 38.7 Å². The van der Waals surface area contributed by atoms with Gasteiger partial charge in [-0.15, -0.1) is 0 Å². The molecule has 178 valence electrons. The average Bonchev–Trinajstić information content (AvgIpc) is 2.86. The number of carboxylic acid groups (broad SMARTS) is 1. The molecule has 11 nitrogen and oxygen atoms in total. The fraction of sp³-hybridized carbons (Fsp3) is 0.0833. The summed E-state index contributed by atoms with van der Waals surface area (Å²) in [7, 11) is 0. The molecule has 2 atom stereocenters. The Morgan fingerprint density at radius 2 is 1.29 bits per heavy atom. The highest BCUT2D eigenvalue weighted by Crippen LogP contribution is 2.19. The third kappa shape index (κ3) is 6.48. The van der Waals surface area contributed by atoms with Gasteiger partial charge in [-0.3, -0.25) is 14.9 Å². The molecule has 0 heterocycles. The molecule has 0 fully saturated rings. The molecule has 3 aromatic carbocycles. The van der Waals surface area contributed by atoms with E-state index in [0.717, 1.165) is 6.07 Å². The molecule has 3 aromatic rings. The van der Waals surface area contributed by atoms with E-state index in [9.17, 15) is 34.4 Å². The lowest BCUT2D eigenvalue weighted by Crippen LogP contribution is -2.48. The van der Waals surface area contributed by atoms with E-state index in [2.05, 4.69) is 5.32 Å². The normalized spacial score (nSPS) is 12.0. The Bertz CT molecular complexity index is 1250. The Labute approximate surface area is 198 Å². The number of hydrogen-bond acceptors (Lipinski definition) is 8. The van der Waals surface area contributed by atoms with Crippen molar-refractivity contribution in [3.63, 3.8) is 0 Å². The molecule has 0 bridgehead atoms. The average molecular weight is 478 g/mol. The van der Waals surface area contributed by atoms with Crippen molar-refractivity contribution in [3.05, 3.63) is 106 Å². The molecule has 0 spiro atoms. The molecule has 0 aliphatic rings. The van der Waals surface area contributed by atoms with Crippen molar-refractivity contribution in [2.45, 2.75) is 12.2 Å². The van der Waals surface area contributed by atoms with Gasteiger partial charge in [0.25, 0.3) is 11.6 Å². The van der Waals surface area contributed by atoms with Gasteiger partial charge in [-0.2, -0.15) is 0 Å². The second-order valence-corrected chi connectivity index (χ2v) is 7.02. The molecule has 0 unspecified atom stereocenters. The van der Waals surface area contributed by atoms with Gasteiger partial charge in [0, 0.05) is 17.8 Å². The first kappa shape index (κ1) is 24.6. The van der Waals surface area contributed by atoms with Gasteiger partial charge in [0.2, 0.25) is 12.2 Å². The summed E-state index contributed by atoms with van der Waals surface area (Å²) < 4.78 is 10.2. The minimum absolute atomic E-state index is 0.00554. The van der Waals surface area contributed by atoms with E-state index in [1.165, 1.54) is 66.7 Å². The SMILES string of the molecule is O=C(O[C@H](C(=O)Nc1cccc([N+](=O)[O-])c1)[C@@H](OC(=O)c1ccccc1)C(=O)O)c1ccccc1. The van der Waals surface area contributed by atoms with Gasteiger partial charge in [-0.05, 0) is 30.3 Å². The minimum atomic E-state index is -2.23. The van der Waals surface area contributed by atoms with Crippen LogP contribution in [0.15, 0.2) is 84.9 Å². The number of ether oxygens (including phenoxy) is 2. The summed E-state index contributed by atoms with van der Waals surface area (Å²) in [5.74, 6) is -5.05. The van der Waals surface area contributed by atoms with Gasteiger partial charge in [0.1, 0.15) is 0 Å². The summed E-state index contributed by atoms with van der Waals surface area (Å²) in [6, 6.07) is 19.7. The first-order valence-electron chi connectivity index (χ1n) is 10.1. The fourth-order valence-electron chi connectivity index (χ4n) is 2.92. The van der Waals surface area contributed by atoms with Crippen molar-refractivity contribution in [2.24, 2.45) is 0 Å². The van der Waals surface area contributed by atoms with Crippen LogP contribution in [0.25, 0.3) is 0 Å². The highest BCUT2D eigenvalue weighted by molar-refractivity contribution is 6.01. The van der Waals surface area contributed by atoms with E-state index >= 15 is 0 Å². The molecule has 0 aliphatic heterocycles. The van der Waals surface area contributed by atoms with E-state index in [1.54, 1.807) is 12.1 Å². The molecule has 0 saturated carbocycles. The van der Waals surface area contributed by atoms with E-state index in [0.29, 0.717) is 0 Å². The number of esters is 2. The number of nitro groups is 1. The van der Waals surface area contributed by atoms with Gasteiger partial charge in [-0.25, -0.2) is 14.4 Å². The van der Waals surface area contributed by atoms with Crippen LogP contribution in [0.5, 0.6) is 0 Å². The van der Waals surface area contributed by atoms with Gasteiger partial charge in [0.05, 0.1) is 16.1 Å². The number of anilines is 1. The molecule has 0 saturated heterocycles. The monoisotopic (exact) mass is 478 g/mol. The minimum Gasteiger partial charge on any atom is -0.478 e. The van der Waals surface area contributed by atoms with Crippen molar-refractivity contribution in [2.75, 3.05) is 5.32 Å². The molecule has 0 aliphatic carbocycles. The largest absolute Gasteiger partial charge is 0.478 e. The van der Waals surface area contributed by atoms with E-state index in [1.807, 2.05) is 0 Å². The molecule has 0 aromatic heterocycles. The number of carboxylic acids is 1. The van der Waals surface area contributed by atoms with Crippen LogP contribution in [0, 0.1) is 10.1 Å². The topological polar surface area (TPSA) is 162 Å². The number of rotatable bonds is 9. The number of nitro benzene ring substituents is 1. The molecular formula is C24H18N2O9. The predicted octanol–water partition coefficient (Wildman–Crippen LogP) is 3.07. The second kappa shape index (κ2) is 11.2. The van der Waals surface area contributed by atoms with Crippen molar-refractivity contribution in [1.29, 1.82) is 0 Å². The number of carbonyl (C=O) groups excluding carboxylic acids is 3. The van der Waals surface area contributed by atoms with Crippen molar-refractivity contribution in [1.82, 2.24) is 0 Å². The van der Waals surface area contributed by atoms with Crippen LogP contribution in [0.3, 0.4) is 0 Å². The Morgan fingerprint density at radius 1 is 0.771 bits per heavy atom. The Balaban J connectivity index is 1.91. The van der Waals surface area contributed by atoms with Crippen LogP contribution < -0.4 is 5.32 Å². The van der Waals surface area contributed by atoms with Gasteiger partial charge >= 0.3 is 17.9 Å². The smallest absolute Gasteiger partial charge is 0.349 e. The summed E-state index contributed by atoms with van der Waals surface area (Å²) in [4.78, 5) is 60.4. The zero-order valence-corrected chi connectivity index (χ0v) is 17.9. The molecular weight excluding hydrogens is 460 g/mol.